The molecular formula is C16H16N2O3. The number of aromatic hydroxyl groups is 1. The predicted octanol–water partition coefficient (Wildman–Crippen LogP) is 2.92. The number of para-hydroxylation sites is 1. The van der Waals surface area contributed by atoms with E-state index in [4.69, 9.17) is 14.7 Å². The molecule has 2 rings (SSSR count). The van der Waals surface area contributed by atoms with Gasteiger partial charge in [0, 0.05) is 23.9 Å². The van der Waals surface area contributed by atoms with Crippen molar-refractivity contribution < 1.29 is 14.6 Å². The normalized spacial score (nSPS) is 9.71. The number of benzene rings is 2. The zero-order valence-electron chi connectivity index (χ0n) is 11.7. The Hall–Kier alpha value is -2.87. The van der Waals surface area contributed by atoms with E-state index in [0.717, 1.165) is 11.3 Å². The average Bonchev–Trinajstić information content (AvgIpc) is 2.52. The van der Waals surface area contributed by atoms with E-state index in [9.17, 15) is 5.11 Å². The maximum atomic E-state index is 10.0. The van der Waals surface area contributed by atoms with Crippen LogP contribution in [0.5, 0.6) is 17.2 Å². The van der Waals surface area contributed by atoms with Crippen LogP contribution in [-0.2, 0) is 6.54 Å². The van der Waals surface area contributed by atoms with Gasteiger partial charge in [0.1, 0.15) is 11.8 Å². The van der Waals surface area contributed by atoms with Crippen LogP contribution < -0.4 is 14.8 Å². The molecule has 5 nitrogen and oxygen atoms in total. The summed E-state index contributed by atoms with van der Waals surface area (Å²) in [5.41, 5.74) is 1.57. The molecule has 0 amide bonds. The Morgan fingerprint density at radius 3 is 2.81 bits per heavy atom. The Bertz CT molecular complexity index is 650. The smallest absolute Gasteiger partial charge is 0.174 e. The van der Waals surface area contributed by atoms with Crippen molar-refractivity contribution in [2.75, 3.05) is 19.0 Å². The van der Waals surface area contributed by atoms with Crippen LogP contribution in [0.2, 0.25) is 0 Å². The minimum atomic E-state index is 0.0140. The molecule has 0 spiro atoms. The summed E-state index contributed by atoms with van der Waals surface area (Å²) < 4.78 is 10.3. The highest BCUT2D eigenvalue weighted by atomic mass is 16.5. The van der Waals surface area contributed by atoms with E-state index in [1.54, 1.807) is 18.2 Å². The highest BCUT2D eigenvalue weighted by Gasteiger charge is 2.07. The quantitative estimate of drug-likeness (QED) is 0.853. The maximum absolute atomic E-state index is 10.0. The number of hydrogen-bond acceptors (Lipinski definition) is 5. The number of hydrogen-bond donors (Lipinski definition) is 2. The molecule has 2 aromatic carbocycles. The van der Waals surface area contributed by atoms with E-state index >= 15 is 0 Å². The van der Waals surface area contributed by atoms with Gasteiger partial charge >= 0.3 is 0 Å². The van der Waals surface area contributed by atoms with Crippen molar-refractivity contribution in [2.24, 2.45) is 0 Å². The summed E-state index contributed by atoms with van der Waals surface area (Å²) in [7, 11) is 1.52. The van der Waals surface area contributed by atoms with Crippen LogP contribution in [0.15, 0.2) is 42.5 Å². The van der Waals surface area contributed by atoms with Gasteiger partial charge in [0.2, 0.25) is 0 Å². The first-order chi connectivity index (χ1) is 10.2. The van der Waals surface area contributed by atoms with Crippen LogP contribution in [-0.4, -0.2) is 18.8 Å². The molecular weight excluding hydrogens is 268 g/mol. The Kier molecular flexibility index (Phi) is 4.89. The minimum absolute atomic E-state index is 0.0140. The summed E-state index contributed by atoms with van der Waals surface area (Å²) in [6, 6.07) is 14.6. The summed E-state index contributed by atoms with van der Waals surface area (Å²) in [5, 5.41) is 21.7. The van der Waals surface area contributed by atoms with Crippen LogP contribution >= 0.6 is 0 Å². The van der Waals surface area contributed by atoms with Gasteiger partial charge < -0.3 is 19.9 Å². The molecule has 0 aliphatic rings. The summed E-state index contributed by atoms with van der Waals surface area (Å²) in [6.07, 6.45) is 0. The summed E-state index contributed by atoms with van der Waals surface area (Å²) in [6.45, 7) is 0.463. The number of phenols is 1. The summed E-state index contributed by atoms with van der Waals surface area (Å²) in [5.74, 6) is 1.20. The number of anilines is 1. The van der Waals surface area contributed by atoms with Gasteiger partial charge in [-0.25, -0.2) is 0 Å². The number of ether oxygens (including phenoxy) is 2. The van der Waals surface area contributed by atoms with Crippen molar-refractivity contribution in [3.8, 4) is 23.3 Å². The first-order valence-corrected chi connectivity index (χ1v) is 6.43. The molecule has 0 bridgehead atoms. The van der Waals surface area contributed by atoms with E-state index in [1.807, 2.05) is 30.3 Å². The van der Waals surface area contributed by atoms with E-state index in [1.165, 1.54) is 7.11 Å². The predicted molar refractivity (Wildman–Crippen MR) is 79.5 cm³/mol. The molecule has 0 aliphatic carbocycles. The van der Waals surface area contributed by atoms with E-state index in [-0.39, 0.29) is 12.4 Å². The third-order valence-corrected chi connectivity index (χ3v) is 2.92. The lowest BCUT2D eigenvalue weighted by atomic mass is 10.2. The lowest BCUT2D eigenvalue weighted by Gasteiger charge is -2.11. The highest BCUT2D eigenvalue weighted by molar-refractivity contribution is 5.51. The molecule has 0 heterocycles. The Balaban J connectivity index is 2.05. The van der Waals surface area contributed by atoms with Gasteiger partial charge in [0.05, 0.1) is 7.11 Å². The average molecular weight is 284 g/mol. The fourth-order valence-electron chi connectivity index (χ4n) is 1.88. The molecule has 2 N–H and O–H groups in total. The lowest BCUT2D eigenvalue weighted by Crippen LogP contribution is -2.01. The molecule has 0 unspecified atom stereocenters. The minimum Gasteiger partial charge on any atom is -0.504 e. The molecule has 2 aromatic rings. The summed E-state index contributed by atoms with van der Waals surface area (Å²) in [4.78, 5) is 0. The van der Waals surface area contributed by atoms with Crippen LogP contribution in [0, 0.1) is 11.3 Å². The molecule has 0 atom stereocenters. The number of nitrogens with one attached hydrogen (secondary N) is 1. The molecule has 0 saturated carbocycles. The molecule has 5 heteroatoms. The van der Waals surface area contributed by atoms with E-state index in [0.29, 0.717) is 18.0 Å². The first-order valence-electron chi connectivity index (χ1n) is 6.43. The lowest BCUT2D eigenvalue weighted by molar-refractivity contribution is 0.368. The SMILES string of the molecule is COc1cccc(CNc2cccc(OCC#N)c2)c1O. The van der Waals surface area contributed by atoms with E-state index in [2.05, 4.69) is 5.32 Å². The van der Waals surface area contributed by atoms with Crippen molar-refractivity contribution in [1.29, 1.82) is 5.26 Å². The van der Waals surface area contributed by atoms with Gasteiger partial charge in [-0.05, 0) is 18.2 Å². The fourth-order valence-corrected chi connectivity index (χ4v) is 1.88. The number of rotatable bonds is 6. The Labute approximate surface area is 123 Å². The standard InChI is InChI=1S/C16H16N2O3/c1-20-15-7-2-4-12(16(15)19)11-18-13-5-3-6-14(10-13)21-9-8-17/h2-7,10,18-19H,9,11H2,1H3. The van der Waals surface area contributed by atoms with Crippen molar-refractivity contribution in [1.82, 2.24) is 0 Å². The molecule has 0 saturated heterocycles. The fraction of sp³-hybridized carbons (Fsp3) is 0.188. The second kappa shape index (κ2) is 7.06. The third-order valence-electron chi connectivity index (χ3n) is 2.92. The van der Waals surface area contributed by atoms with Gasteiger partial charge in [-0.3, -0.25) is 0 Å². The summed E-state index contributed by atoms with van der Waals surface area (Å²) >= 11 is 0. The zero-order chi connectivity index (χ0) is 15.1. The number of nitrogens with zero attached hydrogens (tertiary/aromatic N) is 1. The number of nitriles is 1. The first kappa shape index (κ1) is 14.5. The molecule has 0 radical (unpaired) electrons. The van der Waals surface area contributed by atoms with Gasteiger partial charge in [-0.15, -0.1) is 0 Å². The largest absolute Gasteiger partial charge is 0.504 e. The van der Waals surface area contributed by atoms with Crippen molar-refractivity contribution in [2.45, 2.75) is 6.54 Å². The monoisotopic (exact) mass is 284 g/mol. The Morgan fingerprint density at radius 2 is 2.05 bits per heavy atom. The number of methoxy groups -OCH3 is 1. The molecule has 21 heavy (non-hydrogen) atoms. The van der Waals surface area contributed by atoms with Crippen molar-refractivity contribution in [3.63, 3.8) is 0 Å². The van der Waals surface area contributed by atoms with Gasteiger partial charge in [0.15, 0.2) is 18.1 Å². The van der Waals surface area contributed by atoms with E-state index < -0.39 is 0 Å². The third kappa shape index (κ3) is 3.80. The maximum Gasteiger partial charge on any atom is 0.174 e. The number of phenolic OH excluding ortho intramolecular Hbond substituents is 1. The molecule has 0 aromatic heterocycles. The van der Waals surface area contributed by atoms with Crippen molar-refractivity contribution >= 4 is 5.69 Å². The van der Waals surface area contributed by atoms with Crippen LogP contribution in [0.3, 0.4) is 0 Å². The highest BCUT2D eigenvalue weighted by Crippen LogP contribution is 2.30. The zero-order valence-corrected chi connectivity index (χ0v) is 11.7. The Morgan fingerprint density at radius 1 is 1.24 bits per heavy atom. The van der Waals surface area contributed by atoms with Crippen LogP contribution in [0.1, 0.15) is 5.56 Å². The van der Waals surface area contributed by atoms with Crippen molar-refractivity contribution in [3.05, 3.63) is 48.0 Å². The molecule has 108 valence electrons. The van der Waals surface area contributed by atoms with Crippen LogP contribution in [0.25, 0.3) is 0 Å². The second-order valence-electron chi connectivity index (χ2n) is 4.30. The second-order valence-corrected chi connectivity index (χ2v) is 4.30. The molecule has 0 aliphatic heterocycles. The van der Waals surface area contributed by atoms with Gasteiger partial charge in [-0.2, -0.15) is 5.26 Å². The topological polar surface area (TPSA) is 74.5 Å². The van der Waals surface area contributed by atoms with Gasteiger partial charge in [0.25, 0.3) is 0 Å². The molecule has 0 fully saturated rings. The van der Waals surface area contributed by atoms with Gasteiger partial charge in [-0.1, -0.05) is 18.2 Å². The van der Waals surface area contributed by atoms with Crippen LogP contribution in [0.4, 0.5) is 5.69 Å².